The van der Waals surface area contributed by atoms with Crippen LogP contribution in [0.2, 0.25) is 0 Å². The van der Waals surface area contributed by atoms with Gasteiger partial charge in [0.25, 0.3) is 11.8 Å². The van der Waals surface area contributed by atoms with E-state index in [2.05, 4.69) is 5.43 Å². The number of phenols is 1. The number of benzene rings is 2. The minimum absolute atomic E-state index is 0.0539. The first kappa shape index (κ1) is 18.5. The van der Waals surface area contributed by atoms with E-state index >= 15 is 0 Å². The number of fused-ring (bicyclic) bond motifs is 1. The van der Waals surface area contributed by atoms with Gasteiger partial charge in [-0.25, -0.2) is 0 Å². The van der Waals surface area contributed by atoms with Gasteiger partial charge in [0, 0.05) is 23.8 Å². The van der Waals surface area contributed by atoms with Crippen LogP contribution in [0.3, 0.4) is 0 Å². The second-order valence-electron chi connectivity index (χ2n) is 8.12. The molecule has 154 valence electrons. The smallest absolute Gasteiger partial charge is 0.257 e. The summed E-state index contributed by atoms with van der Waals surface area (Å²) in [5.41, 5.74) is 8.59. The summed E-state index contributed by atoms with van der Waals surface area (Å²) in [6, 6.07) is 11.6. The molecule has 1 aliphatic carbocycles. The van der Waals surface area contributed by atoms with E-state index in [1.165, 1.54) is 4.90 Å². The number of nitrogens with zero attached hydrogens (tertiary/aromatic N) is 3. The van der Waals surface area contributed by atoms with E-state index in [-0.39, 0.29) is 24.1 Å². The highest BCUT2D eigenvalue weighted by atomic mass is 16.3. The molecule has 2 aromatic carbocycles. The van der Waals surface area contributed by atoms with Crippen molar-refractivity contribution in [2.24, 2.45) is 0 Å². The molecular weight excluding hydrogens is 380 g/mol. The van der Waals surface area contributed by atoms with Gasteiger partial charge in [0.15, 0.2) is 0 Å². The summed E-state index contributed by atoms with van der Waals surface area (Å²) < 4.78 is 0. The van der Waals surface area contributed by atoms with Crippen molar-refractivity contribution >= 4 is 28.9 Å². The first-order chi connectivity index (χ1) is 14.5. The zero-order valence-electron chi connectivity index (χ0n) is 17.1. The largest absolute Gasteiger partial charge is 0.505 e. The van der Waals surface area contributed by atoms with E-state index in [0.717, 1.165) is 29.8 Å². The summed E-state index contributed by atoms with van der Waals surface area (Å²) in [4.78, 5) is 26.9. The van der Waals surface area contributed by atoms with Crippen LogP contribution in [-0.2, 0) is 16.1 Å². The Morgan fingerprint density at radius 1 is 1.00 bits per heavy atom. The molecule has 30 heavy (non-hydrogen) atoms. The van der Waals surface area contributed by atoms with Crippen LogP contribution in [0.5, 0.6) is 5.75 Å². The van der Waals surface area contributed by atoms with Gasteiger partial charge in [0.2, 0.25) is 0 Å². The molecule has 0 saturated heterocycles. The lowest BCUT2D eigenvalue weighted by atomic mass is 9.93. The molecule has 5 rings (SSSR count). The van der Waals surface area contributed by atoms with Gasteiger partial charge >= 0.3 is 0 Å². The SMILES string of the molecule is Cc1cc(CN2C(=O)C3=C(CCCC3)C2=O)c(O)c(N2Nc3ccccc3N2C)c1. The highest BCUT2D eigenvalue weighted by Gasteiger charge is 2.39. The van der Waals surface area contributed by atoms with Crippen LogP contribution < -0.4 is 15.6 Å². The summed E-state index contributed by atoms with van der Waals surface area (Å²) in [7, 11) is 1.91. The summed E-state index contributed by atoms with van der Waals surface area (Å²) in [5.74, 6) is -0.361. The average molecular weight is 404 g/mol. The Bertz CT molecular complexity index is 1080. The average Bonchev–Trinajstić information content (AvgIpc) is 3.20. The van der Waals surface area contributed by atoms with E-state index in [9.17, 15) is 14.7 Å². The minimum atomic E-state index is -0.207. The Labute approximate surface area is 175 Å². The van der Waals surface area contributed by atoms with E-state index in [4.69, 9.17) is 0 Å². The number of carbonyl (C=O) groups excluding carboxylic acids is 2. The number of imide groups is 1. The second kappa shape index (κ2) is 6.79. The van der Waals surface area contributed by atoms with Crippen LogP contribution in [-0.4, -0.2) is 28.9 Å². The van der Waals surface area contributed by atoms with Crippen LogP contribution in [0.15, 0.2) is 47.5 Å². The summed E-state index contributed by atoms with van der Waals surface area (Å²) in [6.07, 6.45) is 3.22. The van der Waals surface area contributed by atoms with Crippen molar-refractivity contribution in [3.63, 3.8) is 0 Å². The zero-order valence-corrected chi connectivity index (χ0v) is 17.1. The molecular formula is C23H24N4O3. The Morgan fingerprint density at radius 3 is 2.33 bits per heavy atom. The molecule has 2 N–H and O–H groups in total. The van der Waals surface area contributed by atoms with E-state index in [1.807, 2.05) is 55.4 Å². The van der Waals surface area contributed by atoms with Crippen molar-refractivity contribution in [1.29, 1.82) is 0 Å². The van der Waals surface area contributed by atoms with E-state index < -0.39 is 0 Å². The fourth-order valence-electron chi connectivity index (χ4n) is 4.59. The van der Waals surface area contributed by atoms with E-state index in [0.29, 0.717) is 35.2 Å². The number of nitrogens with one attached hydrogen (secondary N) is 1. The molecule has 2 aliphatic heterocycles. The molecule has 0 spiro atoms. The number of rotatable bonds is 3. The Kier molecular flexibility index (Phi) is 4.20. The van der Waals surface area contributed by atoms with Crippen molar-refractivity contribution in [3.8, 4) is 5.75 Å². The summed E-state index contributed by atoms with van der Waals surface area (Å²) in [5, 5.41) is 14.8. The third-order valence-corrected chi connectivity index (χ3v) is 6.12. The number of aryl methyl sites for hydroxylation is 1. The first-order valence-corrected chi connectivity index (χ1v) is 10.3. The number of hydrogen-bond donors (Lipinski definition) is 2. The lowest BCUT2D eigenvalue weighted by Crippen LogP contribution is -2.39. The summed E-state index contributed by atoms with van der Waals surface area (Å²) in [6.45, 7) is 2.00. The van der Waals surface area contributed by atoms with Gasteiger partial charge in [-0.05, 0) is 56.4 Å². The van der Waals surface area contributed by atoms with Crippen molar-refractivity contribution in [1.82, 2.24) is 4.90 Å². The number of phenolic OH excluding ortho intramolecular Hbond substituents is 1. The predicted molar refractivity (Wildman–Crippen MR) is 115 cm³/mol. The molecule has 0 unspecified atom stereocenters. The minimum Gasteiger partial charge on any atom is -0.505 e. The molecule has 2 amide bonds. The third kappa shape index (κ3) is 2.73. The van der Waals surface area contributed by atoms with Gasteiger partial charge in [-0.3, -0.25) is 24.9 Å². The van der Waals surface area contributed by atoms with Crippen molar-refractivity contribution in [2.75, 3.05) is 22.6 Å². The Morgan fingerprint density at radius 2 is 1.67 bits per heavy atom. The number of hydrogen-bond acceptors (Lipinski definition) is 6. The molecule has 0 fully saturated rings. The quantitative estimate of drug-likeness (QED) is 0.761. The molecule has 0 bridgehead atoms. The monoisotopic (exact) mass is 404 g/mol. The maximum atomic E-state index is 12.8. The molecule has 7 heteroatoms. The molecule has 0 saturated carbocycles. The van der Waals surface area contributed by atoms with E-state index in [1.54, 1.807) is 5.12 Å². The normalized spacial score (nSPS) is 18.1. The van der Waals surface area contributed by atoms with Crippen LogP contribution in [0, 0.1) is 6.92 Å². The molecule has 0 radical (unpaired) electrons. The standard InChI is InChI=1S/C23H24N4O3/c1-14-11-15(13-26-22(29)16-7-3-4-8-17(16)23(26)30)21(28)20(12-14)27-24-18-9-5-6-10-19(18)25(27)2/h5-6,9-12,24,28H,3-4,7-8,13H2,1-2H3. The number of aromatic hydroxyl groups is 1. The number of carbonyl (C=O) groups is 2. The fraction of sp³-hybridized carbons (Fsp3) is 0.304. The van der Waals surface area contributed by atoms with Crippen molar-refractivity contribution in [3.05, 3.63) is 58.7 Å². The van der Waals surface area contributed by atoms with Gasteiger partial charge in [-0.1, -0.05) is 18.2 Å². The highest BCUT2D eigenvalue weighted by molar-refractivity contribution is 6.19. The topological polar surface area (TPSA) is 76.1 Å². The van der Waals surface area contributed by atoms with Gasteiger partial charge in [0.05, 0.1) is 17.9 Å². The lowest BCUT2D eigenvalue weighted by Gasteiger charge is -2.29. The number of para-hydroxylation sites is 2. The number of anilines is 3. The molecule has 2 heterocycles. The van der Waals surface area contributed by atoms with Crippen LogP contribution in [0.4, 0.5) is 17.1 Å². The molecule has 7 nitrogen and oxygen atoms in total. The Hall–Kier alpha value is -3.48. The van der Waals surface area contributed by atoms with Gasteiger partial charge in [-0.15, -0.1) is 0 Å². The third-order valence-electron chi connectivity index (χ3n) is 6.12. The summed E-state index contributed by atoms with van der Waals surface area (Å²) >= 11 is 0. The zero-order chi connectivity index (χ0) is 21.0. The highest BCUT2D eigenvalue weighted by Crippen LogP contribution is 2.41. The van der Waals surface area contributed by atoms with Crippen LogP contribution in [0.25, 0.3) is 0 Å². The number of hydrazine groups is 2. The molecule has 0 atom stereocenters. The van der Waals surface area contributed by atoms with Crippen LogP contribution in [0.1, 0.15) is 36.8 Å². The van der Waals surface area contributed by atoms with Crippen molar-refractivity contribution < 1.29 is 14.7 Å². The maximum absolute atomic E-state index is 12.8. The maximum Gasteiger partial charge on any atom is 0.257 e. The molecule has 2 aromatic rings. The number of amides is 2. The van der Waals surface area contributed by atoms with Crippen LogP contribution >= 0.6 is 0 Å². The van der Waals surface area contributed by atoms with Crippen molar-refractivity contribution in [2.45, 2.75) is 39.2 Å². The van der Waals surface area contributed by atoms with Gasteiger partial charge in [-0.2, -0.15) is 5.12 Å². The second-order valence-corrected chi connectivity index (χ2v) is 8.12. The fourth-order valence-corrected chi connectivity index (χ4v) is 4.59. The predicted octanol–water partition coefficient (Wildman–Crippen LogP) is 3.64. The first-order valence-electron chi connectivity index (χ1n) is 10.3. The van der Waals surface area contributed by atoms with Gasteiger partial charge in [0.1, 0.15) is 11.4 Å². The molecule has 0 aromatic heterocycles. The molecule has 3 aliphatic rings. The Balaban J connectivity index is 1.46. The van der Waals surface area contributed by atoms with Gasteiger partial charge < -0.3 is 5.11 Å². The lowest BCUT2D eigenvalue weighted by molar-refractivity contribution is -0.138.